The third kappa shape index (κ3) is 5.32. The van der Waals surface area contributed by atoms with Crippen molar-refractivity contribution >= 4 is 17.4 Å². The zero-order valence-corrected chi connectivity index (χ0v) is 15.8. The van der Waals surface area contributed by atoms with Crippen LogP contribution in [0.25, 0.3) is 0 Å². The summed E-state index contributed by atoms with van der Waals surface area (Å²) in [4.78, 5) is 23.1. The maximum absolute atomic E-state index is 12.5. The molecule has 2 aromatic rings. The summed E-state index contributed by atoms with van der Waals surface area (Å²) in [6.07, 6.45) is 0. The van der Waals surface area contributed by atoms with E-state index in [0.717, 1.165) is 13.1 Å². The van der Waals surface area contributed by atoms with Gasteiger partial charge in [-0.25, -0.2) is 9.97 Å². The number of carbonyl (C=O) groups is 1. The Morgan fingerprint density at radius 1 is 1.12 bits per heavy atom. The van der Waals surface area contributed by atoms with E-state index in [1.54, 1.807) is 45.4 Å². The number of likely N-dealkylation sites (N-methyl/N-ethyl adjacent to an activating group) is 1. The van der Waals surface area contributed by atoms with Crippen LogP contribution in [0.15, 0.2) is 24.3 Å². The molecule has 0 bridgehead atoms. The third-order valence-corrected chi connectivity index (χ3v) is 3.58. The van der Waals surface area contributed by atoms with Crippen molar-refractivity contribution in [3.63, 3.8) is 0 Å². The Bertz CT molecular complexity index is 764. The SMILES string of the molecule is COc1ccc(NC(=O)c2cc(NCCN(C)C)nc(C)n2)cc1OC. The van der Waals surface area contributed by atoms with Crippen molar-refractivity contribution in [1.29, 1.82) is 0 Å². The first-order valence-corrected chi connectivity index (χ1v) is 8.20. The number of benzene rings is 1. The Morgan fingerprint density at radius 3 is 2.50 bits per heavy atom. The topological polar surface area (TPSA) is 88.6 Å². The van der Waals surface area contributed by atoms with Gasteiger partial charge in [0.2, 0.25) is 0 Å². The van der Waals surface area contributed by atoms with Crippen LogP contribution in [0.1, 0.15) is 16.3 Å². The van der Waals surface area contributed by atoms with Gasteiger partial charge in [0.1, 0.15) is 17.3 Å². The van der Waals surface area contributed by atoms with Gasteiger partial charge in [-0.05, 0) is 33.2 Å². The molecule has 0 aliphatic rings. The van der Waals surface area contributed by atoms with E-state index in [2.05, 4.69) is 25.5 Å². The summed E-state index contributed by atoms with van der Waals surface area (Å²) in [5, 5.41) is 6.01. The van der Waals surface area contributed by atoms with E-state index in [0.29, 0.717) is 34.5 Å². The van der Waals surface area contributed by atoms with Crippen molar-refractivity contribution in [2.75, 3.05) is 52.0 Å². The number of hydrogen-bond donors (Lipinski definition) is 2. The van der Waals surface area contributed by atoms with Gasteiger partial charge in [-0.15, -0.1) is 0 Å². The van der Waals surface area contributed by atoms with Crippen LogP contribution in [-0.4, -0.2) is 62.2 Å². The molecule has 2 N–H and O–H groups in total. The molecule has 0 aliphatic carbocycles. The molecule has 1 aromatic carbocycles. The predicted molar refractivity (Wildman–Crippen MR) is 101 cm³/mol. The Hall–Kier alpha value is -2.87. The van der Waals surface area contributed by atoms with Gasteiger partial charge in [0.05, 0.1) is 14.2 Å². The van der Waals surface area contributed by atoms with E-state index in [9.17, 15) is 4.79 Å². The molecule has 0 saturated heterocycles. The van der Waals surface area contributed by atoms with Gasteiger partial charge in [-0.3, -0.25) is 4.79 Å². The lowest BCUT2D eigenvalue weighted by molar-refractivity contribution is 0.102. The number of methoxy groups -OCH3 is 2. The van der Waals surface area contributed by atoms with Gasteiger partial charge in [-0.1, -0.05) is 0 Å². The molecule has 1 amide bonds. The number of nitrogens with zero attached hydrogens (tertiary/aromatic N) is 3. The van der Waals surface area contributed by atoms with Gasteiger partial charge in [-0.2, -0.15) is 0 Å². The molecule has 2 rings (SSSR count). The fourth-order valence-electron chi connectivity index (χ4n) is 2.29. The molecular weight excluding hydrogens is 334 g/mol. The second-order valence-electron chi connectivity index (χ2n) is 5.94. The zero-order valence-electron chi connectivity index (χ0n) is 15.8. The van der Waals surface area contributed by atoms with E-state index in [-0.39, 0.29) is 5.91 Å². The molecular formula is C18H25N5O3. The Kier molecular flexibility index (Phi) is 6.74. The monoisotopic (exact) mass is 359 g/mol. The van der Waals surface area contributed by atoms with Gasteiger partial charge in [0.15, 0.2) is 11.5 Å². The Labute approximate surface area is 153 Å². The Morgan fingerprint density at radius 2 is 1.85 bits per heavy atom. The largest absolute Gasteiger partial charge is 0.493 e. The van der Waals surface area contributed by atoms with Crippen LogP contribution in [0.2, 0.25) is 0 Å². The molecule has 8 heteroatoms. The number of anilines is 2. The number of ether oxygens (including phenoxy) is 2. The first kappa shape index (κ1) is 19.5. The highest BCUT2D eigenvalue weighted by molar-refractivity contribution is 6.03. The molecule has 8 nitrogen and oxygen atoms in total. The molecule has 0 radical (unpaired) electrons. The van der Waals surface area contributed by atoms with Crippen LogP contribution >= 0.6 is 0 Å². The third-order valence-electron chi connectivity index (χ3n) is 3.58. The lowest BCUT2D eigenvalue weighted by Gasteiger charge is -2.13. The fourth-order valence-corrected chi connectivity index (χ4v) is 2.29. The predicted octanol–water partition coefficient (Wildman–Crippen LogP) is 2.03. The first-order valence-electron chi connectivity index (χ1n) is 8.20. The molecule has 0 fully saturated rings. The van der Waals surface area contributed by atoms with Crippen molar-refractivity contribution in [3.8, 4) is 11.5 Å². The van der Waals surface area contributed by atoms with Crippen LogP contribution in [0, 0.1) is 6.92 Å². The van der Waals surface area contributed by atoms with Crippen molar-refractivity contribution < 1.29 is 14.3 Å². The number of nitrogens with one attached hydrogen (secondary N) is 2. The number of amides is 1. The quantitative estimate of drug-likeness (QED) is 0.745. The van der Waals surface area contributed by atoms with Crippen molar-refractivity contribution in [1.82, 2.24) is 14.9 Å². The van der Waals surface area contributed by atoms with Gasteiger partial charge >= 0.3 is 0 Å². The number of rotatable bonds is 8. The second kappa shape index (κ2) is 9.00. The molecule has 0 saturated carbocycles. The molecule has 1 aromatic heterocycles. The van der Waals surface area contributed by atoms with Crippen molar-refractivity contribution in [3.05, 3.63) is 35.8 Å². The van der Waals surface area contributed by atoms with E-state index >= 15 is 0 Å². The molecule has 0 unspecified atom stereocenters. The molecule has 0 aliphatic heterocycles. The molecule has 140 valence electrons. The summed E-state index contributed by atoms with van der Waals surface area (Å²) in [7, 11) is 7.09. The minimum absolute atomic E-state index is 0.291. The van der Waals surface area contributed by atoms with Crippen LogP contribution in [0.4, 0.5) is 11.5 Å². The van der Waals surface area contributed by atoms with Crippen LogP contribution in [0.5, 0.6) is 11.5 Å². The van der Waals surface area contributed by atoms with Gasteiger partial charge in [0.25, 0.3) is 5.91 Å². The second-order valence-corrected chi connectivity index (χ2v) is 5.94. The first-order chi connectivity index (χ1) is 12.4. The van der Waals surface area contributed by atoms with Crippen LogP contribution < -0.4 is 20.1 Å². The highest BCUT2D eigenvalue weighted by Gasteiger charge is 2.12. The average molecular weight is 359 g/mol. The minimum Gasteiger partial charge on any atom is -0.493 e. The summed E-state index contributed by atoms with van der Waals surface area (Å²) in [5.74, 6) is 1.96. The fraction of sp³-hybridized carbons (Fsp3) is 0.389. The summed E-state index contributed by atoms with van der Waals surface area (Å²) in [5.41, 5.74) is 0.880. The standard InChI is InChI=1S/C18H25N5O3/c1-12-20-14(11-17(21-12)19-8-9-23(2)3)18(24)22-13-6-7-15(25-4)16(10-13)26-5/h6-7,10-11H,8-9H2,1-5H3,(H,22,24)(H,19,20,21). The highest BCUT2D eigenvalue weighted by atomic mass is 16.5. The number of aryl methyl sites for hydroxylation is 1. The van der Waals surface area contributed by atoms with Crippen LogP contribution in [-0.2, 0) is 0 Å². The van der Waals surface area contributed by atoms with E-state index in [1.165, 1.54) is 0 Å². The normalized spacial score (nSPS) is 10.5. The number of carbonyl (C=O) groups excluding carboxylic acids is 1. The van der Waals surface area contributed by atoms with E-state index in [1.807, 2.05) is 14.1 Å². The Balaban J connectivity index is 2.12. The van der Waals surface area contributed by atoms with E-state index in [4.69, 9.17) is 9.47 Å². The van der Waals surface area contributed by atoms with Crippen molar-refractivity contribution in [2.45, 2.75) is 6.92 Å². The lowest BCUT2D eigenvalue weighted by atomic mass is 10.2. The van der Waals surface area contributed by atoms with Gasteiger partial charge < -0.3 is 25.0 Å². The molecule has 1 heterocycles. The highest BCUT2D eigenvalue weighted by Crippen LogP contribution is 2.29. The average Bonchev–Trinajstić information content (AvgIpc) is 2.60. The van der Waals surface area contributed by atoms with Crippen molar-refractivity contribution in [2.24, 2.45) is 0 Å². The molecule has 0 atom stereocenters. The lowest BCUT2D eigenvalue weighted by Crippen LogP contribution is -2.22. The molecule has 0 spiro atoms. The number of aromatic nitrogens is 2. The number of hydrogen-bond acceptors (Lipinski definition) is 7. The minimum atomic E-state index is -0.321. The smallest absolute Gasteiger partial charge is 0.274 e. The summed E-state index contributed by atoms with van der Waals surface area (Å²) in [6, 6.07) is 6.80. The molecule has 26 heavy (non-hydrogen) atoms. The maximum Gasteiger partial charge on any atom is 0.274 e. The van der Waals surface area contributed by atoms with Crippen LogP contribution in [0.3, 0.4) is 0 Å². The summed E-state index contributed by atoms with van der Waals surface area (Å²) < 4.78 is 10.4. The summed E-state index contributed by atoms with van der Waals surface area (Å²) in [6.45, 7) is 3.33. The maximum atomic E-state index is 12.5. The summed E-state index contributed by atoms with van der Waals surface area (Å²) >= 11 is 0. The van der Waals surface area contributed by atoms with Gasteiger partial charge in [0, 0.05) is 30.9 Å². The zero-order chi connectivity index (χ0) is 19.1. The van der Waals surface area contributed by atoms with E-state index < -0.39 is 0 Å².